The smallest absolute Gasteiger partial charge is 0.253 e. The minimum Gasteiger partial charge on any atom is -0.318 e. The fourth-order valence-electron chi connectivity index (χ4n) is 3.45. The summed E-state index contributed by atoms with van der Waals surface area (Å²) in [5, 5.41) is 4.95. The molecule has 4 rings (SSSR count). The standard InChI is InChI=1S/C21H20FN5OS/c1-12-9-14(3)27-20(23-12)24-21(25-27)29-11-19(28)18-10-13(2)26(15(18)4)17-7-5-16(22)6-8-17/h5-10H,11H2,1-4H3. The van der Waals surface area contributed by atoms with E-state index >= 15 is 0 Å². The fraction of sp³-hybridized carbons (Fsp3) is 0.238. The number of aryl methyl sites for hydroxylation is 3. The quantitative estimate of drug-likeness (QED) is 0.364. The summed E-state index contributed by atoms with van der Waals surface area (Å²) >= 11 is 1.29. The summed E-state index contributed by atoms with van der Waals surface area (Å²) in [6.45, 7) is 7.68. The molecule has 0 fully saturated rings. The second-order valence-electron chi connectivity index (χ2n) is 6.95. The van der Waals surface area contributed by atoms with Crippen molar-refractivity contribution in [2.24, 2.45) is 0 Å². The van der Waals surface area contributed by atoms with Crippen molar-refractivity contribution in [2.75, 3.05) is 5.75 Å². The van der Waals surface area contributed by atoms with Crippen molar-refractivity contribution in [1.82, 2.24) is 24.1 Å². The van der Waals surface area contributed by atoms with Gasteiger partial charge in [-0.1, -0.05) is 11.8 Å². The average molecular weight is 409 g/mol. The van der Waals surface area contributed by atoms with Gasteiger partial charge in [-0.25, -0.2) is 13.9 Å². The van der Waals surface area contributed by atoms with E-state index in [0.29, 0.717) is 16.5 Å². The number of halogens is 1. The topological polar surface area (TPSA) is 65.1 Å². The van der Waals surface area contributed by atoms with E-state index in [-0.39, 0.29) is 17.4 Å². The molecular weight excluding hydrogens is 389 g/mol. The van der Waals surface area contributed by atoms with Gasteiger partial charge in [0.1, 0.15) is 5.82 Å². The summed E-state index contributed by atoms with van der Waals surface area (Å²) in [5.74, 6) is 0.467. The summed E-state index contributed by atoms with van der Waals surface area (Å²) < 4.78 is 16.9. The van der Waals surface area contributed by atoms with Crippen LogP contribution in [0.3, 0.4) is 0 Å². The average Bonchev–Trinajstić information content (AvgIpc) is 3.21. The molecule has 0 aliphatic rings. The third kappa shape index (κ3) is 3.67. The minimum absolute atomic E-state index is 0.00354. The number of thioether (sulfide) groups is 1. The van der Waals surface area contributed by atoms with Crippen LogP contribution < -0.4 is 0 Å². The summed E-state index contributed by atoms with van der Waals surface area (Å²) in [4.78, 5) is 21.6. The van der Waals surface area contributed by atoms with Crippen LogP contribution in [0.15, 0.2) is 41.6 Å². The molecule has 8 heteroatoms. The van der Waals surface area contributed by atoms with Gasteiger partial charge in [0.05, 0.1) is 5.75 Å². The number of Topliss-reactive ketones (excluding diaryl/α,β-unsaturated/α-hetero) is 1. The highest BCUT2D eigenvalue weighted by molar-refractivity contribution is 7.99. The van der Waals surface area contributed by atoms with Gasteiger partial charge in [0.25, 0.3) is 5.78 Å². The first kappa shape index (κ1) is 19.3. The van der Waals surface area contributed by atoms with Crippen LogP contribution in [0.4, 0.5) is 4.39 Å². The van der Waals surface area contributed by atoms with Gasteiger partial charge in [0.15, 0.2) is 5.78 Å². The molecule has 4 aromatic rings. The third-order valence-electron chi connectivity index (χ3n) is 4.75. The highest BCUT2D eigenvalue weighted by atomic mass is 32.2. The number of rotatable bonds is 5. The van der Waals surface area contributed by atoms with Crippen LogP contribution in [0.25, 0.3) is 11.5 Å². The van der Waals surface area contributed by atoms with Gasteiger partial charge in [-0.05, 0) is 64.1 Å². The molecule has 0 aliphatic heterocycles. The van der Waals surface area contributed by atoms with E-state index in [9.17, 15) is 9.18 Å². The number of nitrogens with zero attached hydrogens (tertiary/aromatic N) is 5. The molecule has 0 aliphatic carbocycles. The molecule has 0 amide bonds. The molecule has 148 valence electrons. The molecule has 0 N–H and O–H groups in total. The lowest BCUT2D eigenvalue weighted by atomic mass is 10.2. The van der Waals surface area contributed by atoms with E-state index in [2.05, 4.69) is 15.1 Å². The van der Waals surface area contributed by atoms with Crippen LogP contribution in [0, 0.1) is 33.5 Å². The Kier molecular flexibility index (Phi) is 4.96. The lowest BCUT2D eigenvalue weighted by Gasteiger charge is -2.09. The van der Waals surface area contributed by atoms with Crippen LogP contribution in [-0.2, 0) is 0 Å². The fourth-order valence-corrected chi connectivity index (χ4v) is 4.15. The lowest BCUT2D eigenvalue weighted by molar-refractivity contribution is 0.102. The van der Waals surface area contributed by atoms with Crippen LogP contribution in [-0.4, -0.2) is 35.7 Å². The normalized spacial score (nSPS) is 11.3. The largest absolute Gasteiger partial charge is 0.318 e. The Bertz CT molecular complexity index is 1230. The van der Waals surface area contributed by atoms with Crippen LogP contribution in [0.2, 0.25) is 0 Å². The van der Waals surface area contributed by atoms with Crippen molar-refractivity contribution in [3.05, 3.63) is 70.6 Å². The van der Waals surface area contributed by atoms with Crippen molar-refractivity contribution in [2.45, 2.75) is 32.9 Å². The molecule has 0 unspecified atom stereocenters. The summed E-state index contributed by atoms with van der Waals surface area (Å²) in [6, 6.07) is 10.0. The van der Waals surface area contributed by atoms with E-state index in [0.717, 1.165) is 28.5 Å². The number of ketones is 1. The first-order valence-corrected chi connectivity index (χ1v) is 10.1. The maximum Gasteiger partial charge on any atom is 0.253 e. The van der Waals surface area contributed by atoms with Crippen molar-refractivity contribution < 1.29 is 9.18 Å². The molecule has 0 bridgehead atoms. The molecule has 6 nitrogen and oxygen atoms in total. The van der Waals surface area contributed by atoms with Gasteiger partial charge < -0.3 is 4.57 Å². The second kappa shape index (κ2) is 7.44. The van der Waals surface area contributed by atoms with Crippen molar-refractivity contribution in [3.8, 4) is 5.69 Å². The Morgan fingerprint density at radius 1 is 1.03 bits per heavy atom. The number of hydrogen-bond donors (Lipinski definition) is 0. The minimum atomic E-state index is -0.288. The van der Waals surface area contributed by atoms with E-state index in [1.807, 2.05) is 44.4 Å². The zero-order valence-corrected chi connectivity index (χ0v) is 17.4. The van der Waals surface area contributed by atoms with Crippen LogP contribution in [0.1, 0.15) is 33.1 Å². The van der Waals surface area contributed by atoms with E-state index in [1.54, 1.807) is 16.6 Å². The predicted molar refractivity (Wildman–Crippen MR) is 111 cm³/mol. The van der Waals surface area contributed by atoms with Gasteiger partial charge in [-0.2, -0.15) is 4.98 Å². The molecule has 0 spiro atoms. The van der Waals surface area contributed by atoms with Crippen LogP contribution >= 0.6 is 11.8 Å². The first-order chi connectivity index (χ1) is 13.8. The number of carbonyl (C=O) groups is 1. The SMILES string of the molecule is Cc1cc(C)n2nc(SCC(=O)c3cc(C)n(-c4ccc(F)cc4)c3C)nc2n1. The van der Waals surface area contributed by atoms with E-state index in [4.69, 9.17) is 0 Å². The number of hydrogen-bond acceptors (Lipinski definition) is 5. The van der Waals surface area contributed by atoms with Gasteiger partial charge in [0, 0.05) is 34.0 Å². The van der Waals surface area contributed by atoms with Crippen molar-refractivity contribution in [1.29, 1.82) is 0 Å². The van der Waals surface area contributed by atoms with Crippen LogP contribution in [0.5, 0.6) is 0 Å². The number of aromatic nitrogens is 5. The van der Waals surface area contributed by atoms with Gasteiger partial charge in [-0.15, -0.1) is 5.10 Å². The summed E-state index contributed by atoms with van der Waals surface area (Å²) in [5.41, 5.74) is 5.05. The Morgan fingerprint density at radius 2 is 1.76 bits per heavy atom. The van der Waals surface area contributed by atoms with Gasteiger partial charge >= 0.3 is 0 Å². The molecule has 0 atom stereocenters. The second-order valence-corrected chi connectivity index (χ2v) is 7.90. The van der Waals surface area contributed by atoms with Crippen molar-refractivity contribution in [3.63, 3.8) is 0 Å². The first-order valence-electron chi connectivity index (χ1n) is 9.15. The molecule has 0 saturated carbocycles. The highest BCUT2D eigenvalue weighted by Gasteiger charge is 2.18. The molecule has 3 heterocycles. The molecule has 3 aromatic heterocycles. The maximum absolute atomic E-state index is 13.2. The monoisotopic (exact) mass is 409 g/mol. The highest BCUT2D eigenvalue weighted by Crippen LogP contribution is 2.24. The molecule has 0 radical (unpaired) electrons. The van der Waals surface area contributed by atoms with E-state index in [1.165, 1.54) is 23.9 Å². The van der Waals surface area contributed by atoms with E-state index < -0.39 is 0 Å². The summed E-state index contributed by atoms with van der Waals surface area (Å²) in [7, 11) is 0. The Labute approximate surface area is 171 Å². The number of carbonyl (C=O) groups excluding carboxylic acids is 1. The van der Waals surface area contributed by atoms with Gasteiger partial charge in [0.2, 0.25) is 5.16 Å². The molecule has 29 heavy (non-hydrogen) atoms. The Hall–Kier alpha value is -3.00. The summed E-state index contributed by atoms with van der Waals surface area (Å²) in [6.07, 6.45) is 0. The number of benzene rings is 1. The zero-order valence-electron chi connectivity index (χ0n) is 16.6. The lowest BCUT2D eigenvalue weighted by Crippen LogP contribution is -2.06. The predicted octanol–water partition coefficient (Wildman–Crippen LogP) is 4.26. The van der Waals surface area contributed by atoms with Crippen molar-refractivity contribution >= 4 is 23.3 Å². The number of fused-ring (bicyclic) bond motifs is 1. The third-order valence-corrected chi connectivity index (χ3v) is 5.59. The van der Waals surface area contributed by atoms with Gasteiger partial charge in [-0.3, -0.25) is 4.79 Å². The zero-order chi connectivity index (χ0) is 20.7. The Balaban J connectivity index is 1.56. The molecule has 0 saturated heterocycles. The molecule has 1 aromatic carbocycles. The maximum atomic E-state index is 13.2. The molecular formula is C21H20FN5OS. The Morgan fingerprint density at radius 3 is 2.48 bits per heavy atom.